The van der Waals surface area contributed by atoms with Gasteiger partial charge in [0.25, 0.3) is 0 Å². The van der Waals surface area contributed by atoms with E-state index in [4.69, 9.17) is 9.47 Å². The molecule has 4 nitrogen and oxygen atoms in total. The number of nitrogens with one attached hydrogen (secondary N) is 1. The zero-order valence-electron chi connectivity index (χ0n) is 11.5. The molecule has 0 saturated carbocycles. The van der Waals surface area contributed by atoms with Gasteiger partial charge in [-0.15, -0.1) is 0 Å². The fraction of sp³-hybridized carbons (Fsp3) is 0.600. The number of nitrogens with zero attached hydrogens (tertiary/aromatic N) is 1. The van der Waals surface area contributed by atoms with E-state index in [1.165, 1.54) is 5.56 Å². The lowest BCUT2D eigenvalue weighted by Crippen LogP contribution is -2.46. The van der Waals surface area contributed by atoms with Gasteiger partial charge in [-0.1, -0.05) is 18.2 Å². The molecule has 0 radical (unpaired) electrons. The number of likely N-dealkylation sites (N-methyl/N-ethyl adjacent to an activating group) is 1. The van der Waals surface area contributed by atoms with Crippen molar-refractivity contribution in [1.82, 2.24) is 10.2 Å². The van der Waals surface area contributed by atoms with Gasteiger partial charge >= 0.3 is 0 Å². The summed E-state index contributed by atoms with van der Waals surface area (Å²) in [5.74, 6) is 1.05. The Balaban J connectivity index is 1.47. The Kier molecular flexibility index (Phi) is 4.01. The maximum atomic E-state index is 5.97. The summed E-state index contributed by atoms with van der Waals surface area (Å²) in [4.78, 5) is 2.31. The third-order valence-corrected chi connectivity index (χ3v) is 3.75. The van der Waals surface area contributed by atoms with E-state index in [1.807, 2.05) is 6.07 Å². The van der Waals surface area contributed by atoms with Crippen LogP contribution in [0.15, 0.2) is 24.3 Å². The maximum Gasteiger partial charge on any atom is 0.123 e. The van der Waals surface area contributed by atoms with Crippen molar-refractivity contribution in [3.63, 3.8) is 0 Å². The zero-order chi connectivity index (χ0) is 13.1. The highest BCUT2D eigenvalue weighted by Crippen LogP contribution is 2.28. The summed E-state index contributed by atoms with van der Waals surface area (Å²) < 4.78 is 11.7. The van der Waals surface area contributed by atoms with Gasteiger partial charge in [-0.3, -0.25) is 0 Å². The Bertz CT molecular complexity index is 393. The van der Waals surface area contributed by atoms with Gasteiger partial charge in [0.1, 0.15) is 11.9 Å². The summed E-state index contributed by atoms with van der Waals surface area (Å²) >= 11 is 0. The van der Waals surface area contributed by atoms with Gasteiger partial charge in [0.15, 0.2) is 0 Å². The summed E-state index contributed by atoms with van der Waals surface area (Å²) in [6.07, 6.45) is 1.60. The number of hydrogen-bond donors (Lipinski definition) is 1. The molecule has 0 amide bonds. The maximum absolute atomic E-state index is 5.97. The molecule has 104 valence electrons. The van der Waals surface area contributed by atoms with Crippen LogP contribution in [0.3, 0.4) is 0 Å². The van der Waals surface area contributed by atoms with E-state index in [1.54, 1.807) is 0 Å². The molecule has 19 heavy (non-hydrogen) atoms. The Morgan fingerprint density at radius 1 is 1.26 bits per heavy atom. The first-order valence-electron chi connectivity index (χ1n) is 7.06. The SMILES string of the molecule is CN(CC1CNCCO1)CC1Cc2ccccc2O1. The first-order valence-corrected chi connectivity index (χ1v) is 7.06. The lowest BCUT2D eigenvalue weighted by atomic mass is 10.1. The molecule has 2 aliphatic heterocycles. The Hall–Kier alpha value is -1.10. The predicted molar refractivity (Wildman–Crippen MR) is 74.7 cm³/mol. The number of fused-ring (bicyclic) bond motifs is 1. The lowest BCUT2D eigenvalue weighted by molar-refractivity contribution is 0.00532. The van der Waals surface area contributed by atoms with Crippen molar-refractivity contribution in [2.75, 3.05) is 39.8 Å². The van der Waals surface area contributed by atoms with E-state index in [9.17, 15) is 0 Å². The Morgan fingerprint density at radius 2 is 2.11 bits per heavy atom. The van der Waals surface area contributed by atoms with Crippen molar-refractivity contribution < 1.29 is 9.47 Å². The highest BCUT2D eigenvalue weighted by Gasteiger charge is 2.24. The summed E-state index contributed by atoms with van der Waals surface area (Å²) in [6, 6.07) is 8.33. The summed E-state index contributed by atoms with van der Waals surface area (Å²) in [5, 5.41) is 3.37. The van der Waals surface area contributed by atoms with E-state index in [0.717, 1.165) is 45.0 Å². The Morgan fingerprint density at radius 3 is 2.89 bits per heavy atom. The molecule has 2 atom stereocenters. The molecular weight excluding hydrogens is 240 g/mol. The first-order chi connectivity index (χ1) is 9.31. The number of rotatable bonds is 4. The van der Waals surface area contributed by atoms with Crippen molar-refractivity contribution in [2.24, 2.45) is 0 Å². The molecule has 1 aromatic carbocycles. The van der Waals surface area contributed by atoms with Crippen LogP contribution in [0.25, 0.3) is 0 Å². The fourth-order valence-corrected chi connectivity index (χ4v) is 2.86. The van der Waals surface area contributed by atoms with E-state index in [-0.39, 0.29) is 6.10 Å². The van der Waals surface area contributed by atoms with Crippen LogP contribution in [0.2, 0.25) is 0 Å². The largest absolute Gasteiger partial charge is 0.488 e. The standard InChI is InChI=1S/C15H22N2O2/c1-17(11-14-9-16-6-7-18-14)10-13-8-12-4-2-3-5-15(12)19-13/h2-5,13-14,16H,6-11H2,1H3. The van der Waals surface area contributed by atoms with Crippen LogP contribution in [-0.2, 0) is 11.2 Å². The second-order valence-electron chi connectivity index (χ2n) is 5.47. The van der Waals surface area contributed by atoms with Crippen LogP contribution in [-0.4, -0.2) is 56.9 Å². The summed E-state index contributed by atoms with van der Waals surface area (Å²) in [5.41, 5.74) is 1.33. The molecule has 1 fully saturated rings. The first kappa shape index (κ1) is 12.9. The molecule has 4 heteroatoms. The number of morpholine rings is 1. The quantitative estimate of drug-likeness (QED) is 0.874. The van der Waals surface area contributed by atoms with Crippen molar-refractivity contribution in [2.45, 2.75) is 18.6 Å². The molecule has 2 heterocycles. The smallest absolute Gasteiger partial charge is 0.123 e. The van der Waals surface area contributed by atoms with Gasteiger partial charge in [0, 0.05) is 32.6 Å². The number of benzene rings is 1. The zero-order valence-corrected chi connectivity index (χ0v) is 11.5. The number of para-hydroxylation sites is 1. The van der Waals surface area contributed by atoms with Gasteiger partial charge in [0.2, 0.25) is 0 Å². The Labute approximate surface area is 114 Å². The van der Waals surface area contributed by atoms with Crippen LogP contribution in [0.4, 0.5) is 0 Å². The topological polar surface area (TPSA) is 33.7 Å². The summed E-state index contributed by atoms with van der Waals surface area (Å²) in [6.45, 7) is 4.67. The van der Waals surface area contributed by atoms with E-state index < -0.39 is 0 Å². The van der Waals surface area contributed by atoms with Crippen molar-refractivity contribution in [3.05, 3.63) is 29.8 Å². The fourth-order valence-electron chi connectivity index (χ4n) is 2.86. The highest BCUT2D eigenvalue weighted by molar-refractivity contribution is 5.37. The van der Waals surface area contributed by atoms with E-state index in [0.29, 0.717) is 6.10 Å². The normalized spacial score (nSPS) is 26.2. The average molecular weight is 262 g/mol. The molecule has 0 aliphatic carbocycles. The van der Waals surface area contributed by atoms with Crippen LogP contribution >= 0.6 is 0 Å². The molecule has 0 aromatic heterocycles. The second-order valence-corrected chi connectivity index (χ2v) is 5.47. The number of hydrogen-bond acceptors (Lipinski definition) is 4. The van der Waals surface area contributed by atoms with Gasteiger partial charge in [-0.25, -0.2) is 0 Å². The van der Waals surface area contributed by atoms with Crippen molar-refractivity contribution >= 4 is 0 Å². The number of ether oxygens (including phenoxy) is 2. The van der Waals surface area contributed by atoms with Gasteiger partial charge in [0.05, 0.1) is 12.7 Å². The highest BCUT2D eigenvalue weighted by atomic mass is 16.5. The van der Waals surface area contributed by atoms with Crippen molar-refractivity contribution in [1.29, 1.82) is 0 Å². The monoisotopic (exact) mass is 262 g/mol. The van der Waals surface area contributed by atoms with Gasteiger partial charge in [-0.05, 0) is 18.7 Å². The average Bonchev–Trinajstić information content (AvgIpc) is 2.81. The molecule has 0 bridgehead atoms. The molecular formula is C15H22N2O2. The van der Waals surface area contributed by atoms with E-state index in [2.05, 4.69) is 35.5 Å². The third kappa shape index (κ3) is 3.26. The predicted octanol–water partition coefficient (Wildman–Crippen LogP) is 0.910. The minimum absolute atomic E-state index is 0.277. The molecule has 1 N–H and O–H groups in total. The molecule has 3 rings (SSSR count). The lowest BCUT2D eigenvalue weighted by Gasteiger charge is -2.29. The summed E-state index contributed by atoms with van der Waals surface area (Å²) in [7, 11) is 2.14. The van der Waals surface area contributed by atoms with Crippen LogP contribution in [0.5, 0.6) is 5.75 Å². The minimum atomic E-state index is 0.277. The van der Waals surface area contributed by atoms with Crippen LogP contribution < -0.4 is 10.1 Å². The third-order valence-electron chi connectivity index (χ3n) is 3.75. The van der Waals surface area contributed by atoms with Gasteiger partial charge in [-0.2, -0.15) is 0 Å². The second kappa shape index (κ2) is 5.90. The van der Waals surface area contributed by atoms with Crippen LogP contribution in [0, 0.1) is 0 Å². The van der Waals surface area contributed by atoms with E-state index >= 15 is 0 Å². The molecule has 2 unspecified atom stereocenters. The molecule has 1 saturated heterocycles. The van der Waals surface area contributed by atoms with Crippen molar-refractivity contribution in [3.8, 4) is 5.75 Å². The molecule has 0 spiro atoms. The molecule has 1 aromatic rings. The minimum Gasteiger partial charge on any atom is -0.488 e. The molecule has 2 aliphatic rings. The van der Waals surface area contributed by atoms with Crippen LogP contribution in [0.1, 0.15) is 5.56 Å². The van der Waals surface area contributed by atoms with Gasteiger partial charge < -0.3 is 19.7 Å².